The third kappa shape index (κ3) is 8.14. The molecule has 2 aromatic rings. The number of hydrogen-bond donors (Lipinski definition) is 3. The van der Waals surface area contributed by atoms with Crippen molar-refractivity contribution in [3.63, 3.8) is 0 Å². The largest absolute Gasteiger partial charge is 0.476 e. The van der Waals surface area contributed by atoms with Gasteiger partial charge in [-0.2, -0.15) is 0 Å². The number of aliphatic hydroxyl groups is 1. The molecule has 12 nitrogen and oxygen atoms in total. The van der Waals surface area contributed by atoms with Gasteiger partial charge in [-0.1, -0.05) is 30.3 Å². The van der Waals surface area contributed by atoms with Crippen molar-refractivity contribution < 1.29 is 38.7 Å². The summed E-state index contributed by atoms with van der Waals surface area (Å²) in [6, 6.07) is 15.7. The van der Waals surface area contributed by atoms with E-state index in [0.717, 1.165) is 44.3 Å². The topological polar surface area (TPSA) is 133 Å². The third-order valence-corrected chi connectivity index (χ3v) is 10.9. The molecule has 3 atom stereocenters. The minimum Gasteiger partial charge on any atom is -0.476 e. The molecule has 3 fully saturated rings. The number of likely N-dealkylation sites (tertiary alicyclic amines) is 2. The smallest absolute Gasteiger partial charge is 0.410 e. The lowest BCUT2D eigenvalue weighted by Crippen LogP contribution is -3.12. The van der Waals surface area contributed by atoms with E-state index in [1.165, 1.54) is 4.90 Å². The number of hydrogen-bond acceptors (Lipinski definition) is 8. The number of piperidine rings is 2. The second kappa shape index (κ2) is 14.8. The summed E-state index contributed by atoms with van der Waals surface area (Å²) in [5, 5.41) is 13.0. The number of fused-ring (bicyclic) bond motifs is 1. The fourth-order valence-electron chi connectivity index (χ4n) is 7.89. The Morgan fingerprint density at radius 2 is 1.69 bits per heavy atom. The first-order valence-electron chi connectivity index (χ1n) is 18.8. The number of anilines is 1. The Bertz CT molecular complexity index is 1650. The van der Waals surface area contributed by atoms with Gasteiger partial charge in [-0.05, 0) is 79.0 Å². The van der Waals surface area contributed by atoms with Crippen LogP contribution in [0.5, 0.6) is 5.75 Å². The number of nitrogens with zero attached hydrogens (tertiary/aromatic N) is 3. The highest BCUT2D eigenvalue weighted by Gasteiger charge is 2.49. The minimum absolute atomic E-state index is 0.0397. The molecule has 1 unspecified atom stereocenters. The van der Waals surface area contributed by atoms with E-state index in [1.807, 2.05) is 36.4 Å². The lowest BCUT2D eigenvalue weighted by atomic mass is 9.79. The maximum atomic E-state index is 14.8. The zero-order chi connectivity index (χ0) is 37.4. The average molecular weight is 719 g/mol. The van der Waals surface area contributed by atoms with Gasteiger partial charge in [0.1, 0.15) is 17.0 Å². The van der Waals surface area contributed by atoms with Gasteiger partial charge in [0.15, 0.2) is 5.60 Å². The molecule has 6 rings (SSSR count). The number of ether oxygens (including phenoxy) is 2. The Hall–Kier alpha value is -4.00. The summed E-state index contributed by atoms with van der Waals surface area (Å²) in [4.78, 5) is 62.4. The van der Waals surface area contributed by atoms with Crippen LogP contribution in [-0.4, -0.2) is 102 Å². The van der Waals surface area contributed by atoms with Gasteiger partial charge in [0.05, 0.1) is 29.1 Å². The minimum atomic E-state index is -1.07. The zero-order valence-electron chi connectivity index (χ0n) is 31.6. The highest BCUT2D eigenvalue weighted by molar-refractivity contribution is 6.02. The number of quaternary nitrogens is 1. The summed E-state index contributed by atoms with van der Waals surface area (Å²) in [5.41, 5.74) is -0.0365. The molecule has 4 aliphatic rings. The standard InChI is InChI=1S/C40H55N5O7/c1-38(2,3)52-37(50)43-25-27(34(47)41-40(17-20-42(6)21-18-40)29-11-8-7-9-12-29)23-28(26-43)35(48)45(30-13-14-30)31-15-16-33-32(24-31)44(19-10-22-46)36(49)39(4,5)51-33/h7-9,11-12,15-16,24,27-28,30,46H,10,13-14,17-23,25-26H2,1-6H3,(H,41,47)/p+1/t27-,28+/m0/s1. The van der Waals surface area contributed by atoms with Gasteiger partial charge in [-0.3, -0.25) is 9.59 Å². The second-order valence-corrected chi connectivity index (χ2v) is 16.6. The first kappa shape index (κ1) is 37.7. The Morgan fingerprint density at radius 1 is 1.02 bits per heavy atom. The Balaban J connectivity index is 1.30. The van der Waals surface area contributed by atoms with Crippen molar-refractivity contribution in [2.24, 2.45) is 11.8 Å². The van der Waals surface area contributed by atoms with Crippen LogP contribution < -0.4 is 19.9 Å². The number of carbonyl (C=O) groups is 4. The zero-order valence-corrected chi connectivity index (χ0v) is 31.6. The van der Waals surface area contributed by atoms with Crippen LogP contribution in [0.2, 0.25) is 0 Å². The number of carbonyl (C=O) groups excluding carboxylic acids is 4. The molecule has 1 aliphatic carbocycles. The summed E-state index contributed by atoms with van der Waals surface area (Å²) in [7, 11) is 2.08. The lowest BCUT2D eigenvalue weighted by Gasteiger charge is -2.44. The van der Waals surface area contributed by atoms with Crippen molar-refractivity contribution in [2.75, 3.05) is 51.3 Å². The van der Waals surface area contributed by atoms with Gasteiger partial charge >= 0.3 is 12.0 Å². The summed E-state index contributed by atoms with van der Waals surface area (Å²) in [5.74, 6) is -1.18. The van der Waals surface area contributed by atoms with Crippen LogP contribution in [0, 0.1) is 11.8 Å². The van der Waals surface area contributed by atoms with Crippen molar-refractivity contribution in [3.05, 3.63) is 54.1 Å². The molecule has 1 saturated carbocycles. The molecule has 282 valence electrons. The van der Waals surface area contributed by atoms with E-state index in [1.54, 1.807) is 39.5 Å². The Kier molecular flexibility index (Phi) is 10.7. The number of aliphatic hydroxyl groups excluding tert-OH is 1. The van der Waals surface area contributed by atoms with Gasteiger partial charge in [0.2, 0.25) is 5.91 Å². The van der Waals surface area contributed by atoms with E-state index in [0.29, 0.717) is 41.4 Å². The molecule has 0 aromatic heterocycles. The molecule has 2 aromatic carbocycles. The van der Waals surface area contributed by atoms with Crippen molar-refractivity contribution in [1.82, 2.24) is 15.1 Å². The van der Waals surface area contributed by atoms with Crippen LogP contribution in [0.3, 0.4) is 0 Å². The Morgan fingerprint density at radius 3 is 2.33 bits per heavy atom. The van der Waals surface area contributed by atoms with Crippen LogP contribution in [0.25, 0.3) is 0 Å². The molecular weight excluding hydrogens is 662 g/mol. The fraction of sp³-hybridized carbons (Fsp3) is 0.600. The normalized spacial score (nSPS) is 23.6. The van der Waals surface area contributed by atoms with Crippen molar-refractivity contribution in [2.45, 2.75) is 95.9 Å². The van der Waals surface area contributed by atoms with Crippen LogP contribution >= 0.6 is 0 Å². The van der Waals surface area contributed by atoms with E-state index in [2.05, 4.69) is 29.4 Å². The summed E-state index contributed by atoms with van der Waals surface area (Å²) in [6.07, 6.45) is 3.37. The quantitative estimate of drug-likeness (QED) is 0.360. The van der Waals surface area contributed by atoms with Gasteiger partial charge in [-0.15, -0.1) is 0 Å². The maximum Gasteiger partial charge on any atom is 0.410 e. The molecule has 0 radical (unpaired) electrons. The molecular formula is C40H56N5O7+. The van der Waals surface area contributed by atoms with Crippen LogP contribution in [-0.2, 0) is 24.7 Å². The third-order valence-electron chi connectivity index (χ3n) is 10.9. The highest BCUT2D eigenvalue weighted by Crippen LogP contribution is 2.40. The molecule has 3 heterocycles. The van der Waals surface area contributed by atoms with Crippen LogP contribution in [0.4, 0.5) is 16.2 Å². The second-order valence-electron chi connectivity index (χ2n) is 16.6. The Labute approximate surface area is 307 Å². The van der Waals surface area contributed by atoms with E-state index >= 15 is 0 Å². The van der Waals surface area contributed by atoms with Crippen molar-refractivity contribution in [1.29, 1.82) is 0 Å². The molecule has 4 amide bonds. The first-order valence-corrected chi connectivity index (χ1v) is 18.8. The maximum absolute atomic E-state index is 14.8. The predicted octanol–water partition coefficient (Wildman–Crippen LogP) is 3.39. The lowest BCUT2D eigenvalue weighted by molar-refractivity contribution is -0.764. The van der Waals surface area contributed by atoms with Gasteiger partial charge in [-0.25, -0.2) is 14.5 Å². The van der Waals surface area contributed by atoms with E-state index in [4.69, 9.17) is 9.47 Å². The molecule has 2 saturated heterocycles. The molecule has 3 aliphatic heterocycles. The first-order chi connectivity index (χ1) is 24.6. The van der Waals surface area contributed by atoms with Crippen LogP contribution in [0.1, 0.15) is 78.7 Å². The number of nitrogens with one attached hydrogen (secondary N) is 2. The van der Waals surface area contributed by atoms with Gasteiger partial charge in [0.25, 0.3) is 5.91 Å². The molecule has 0 bridgehead atoms. The highest BCUT2D eigenvalue weighted by atomic mass is 16.6. The average Bonchev–Trinajstić information content (AvgIpc) is 3.94. The summed E-state index contributed by atoms with van der Waals surface area (Å²) in [6.45, 7) is 11.1. The monoisotopic (exact) mass is 718 g/mol. The molecule has 0 spiro atoms. The number of benzene rings is 2. The van der Waals surface area contributed by atoms with Crippen LogP contribution in [0.15, 0.2) is 48.5 Å². The summed E-state index contributed by atoms with van der Waals surface area (Å²) >= 11 is 0. The number of amides is 4. The van der Waals surface area contributed by atoms with Crippen molar-refractivity contribution >= 4 is 35.2 Å². The van der Waals surface area contributed by atoms with E-state index < -0.39 is 34.7 Å². The van der Waals surface area contributed by atoms with E-state index in [-0.39, 0.29) is 43.5 Å². The number of rotatable bonds is 9. The molecule has 3 N–H and O–H groups in total. The molecule has 52 heavy (non-hydrogen) atoms. The molecule has 12 heteroatoms. The van der Waals surface area contributed by atoms with Gasteiger partial charge < -0.3 is 34.6 Å². The van der Waals surface area contributed by atoms with E-state index in [9.17, 15) is 24.3 Å². The van der Waals surface area contributed by atoms with Gasteiger partial charge in [0, 0.05) is 64.3 Å². The van der Waals surface area contributed by atoms with Crippen molar-refractivity contribution in [3.8, 4) is 5.75 Å². The fourth-order valence-corrected chi connectivity index (χ4v) is 7.89. The predicted molar refractivity (Wildman–Crippen MR) is 196 cm³/mol. The summed E-state index contributed by atoms with van der Waals surface area (Å²) < 4.78 is 11.9. The SMILES string of the molecule is CN1CCC(NC(=O)[C@H]2C[C@@H](C(=O)[NH+](c3ccc4c(c3)N(CCCO)C(=O)C(C)(C)O4)C3CC3)CN(C(=O)OC(C)(C)C)C2)(c2ccccc2)CC1.